The third-order valence-corrected chi connectivity index (χ3v) is 4.85. The number of carboxylic acids is 2. The Bertz CT molecular complexity index is 409. The molecule has 22 heavy (non-hydrogen) atoms. The summed E-state index contributed by atoms with van der Waals surface area (Å²) in [5, 5.41) is 18.7. The van der Waals surface area contributed by atoms with Crippen LogP contribution in [-0.4, -0.2) is 47.1 Å². The molecule has 2 fully saturated rings. The highest BCUT2D eigenvalue weighted by Crippen LogP contribution is 2.51. The smallest absolute Gasteiger partial charge is 0.310 e. The maximum Gasteiger partial charge on any atom is 0.310 e. The lowest BCUT2D eigenvalue weighted by Crippen LogP contribution is -2.48. The summed E-state index contributed by atoms with van der Waals surface area (Å²) in [6.45, 7) is 2.91. The number of unbranched alkanes of at least 4 members (excludes halogenated alkanes) is 4. The van der Waals surface area contributed by atoms with Gasteiger partial charge in [0.2, 0.25) is 0 Å². The number of hydrogen-bond donors (Lipinski definition) is 2. The van der Waals surface area contributed by atoms with Crippen LogP contribution in [0, 0.1) is 11.8 Å². The van der Waals surface area contributed by atoms with Gasteiger partial charge in [-0.2, -0.15) is 0 Å². The summed E-state index contributed by atoms with van der Waals surface area (Å²) in [5.41, 5.74) is -0.955. The normalized spacial score (nSPS) is 33.2. The highest BCUT2D eigenvalue weighted by molar-refractivity contribution is 5.83. The van der Waals surface area contributed by atoms with Crippen LogP contribution in [0.4, 0.5) is 0 Å². The minimum Gasteiger partial charge on any atom is -0.481 e. The summed E-state index contributed by atoms with van der Waals surface area (Å²) in [7, 11) is 0. The van der Waals surface area contributed by atoms with Gasteiger partial charge in [0.05, 0.1) is 18.6 Å². The molecule has 0 amide bonds. The molecule has 0 aromatic heterocycles. The molecule has 4 atom stereocenters. The maximum absolute atomic E-state index is 11.5. The summed E-state index contributed by atoms with van der Waals surface area (Å²) >= 11 is 0. The molecule has 126 valence electrons. The van der Waals surface area contributed by atoms with Crippen molar-refractivity contribution in [2.24, 2.45) is 11.8 Å². The van der Waals surface area contributed by atoms with Gasteiger partial charge in [-0.25, -0.2) is 0 Å². The van der Waals surface area contributed by atoms with E-state index in [9.17, 15) is 19.8 Å². The van der Waals surface area contributed by atoms with Crippen LogP contribution in [-0.2, 0) is 19.1 Å². The number of carbonyl (C=O) groups is 2. The number of hydrogen-bond acceptors (Lipinski definition) is 4. The van der Waals surface area contributed by atoms with E-state index in [1.807, 2.05) is 0 Å². The Morgan fingerprint density at radius 1 is 1.18 bits per heavy atom. The lowest BCUT2D eigenvalue weighted by atomic mass is 9.72. The highest BCUT2D eigenvalue weighted by Gasteiger charge is 2.64. The minimum atomic E-state index is -1.10. The van der Waals surface area contributed by atoms with Crippen molar-refractivity contribution in [2.45, 2.75) is 63.6 Å². The summed E-state index contributed by atoms with van der Waals surface area (Å²) in [6, 6.07) is 0. The molecule has 2 bridgehead atoms. The first-order valence-corrected chi connectivity index (χ1v) is 8.23. The number of carboxylic acid groups (broad SMARTS) is 2. The molecule has 2 heterocycles. The largest absolute Gasteiger partial charge is 0.481 e. The average Bonchev–Trinajstić information content (AvgIpc) is 3.02. The van der Waals surface area contributed by atoms with Gasteiger partial charge in [0, 0.05) is 6.61 Å². The number of fused-ring (bicyclic) bond motifs is 2. The van der Waals surface area contributed by atoms with Crippen molar-refractivity contribution in [3.63, 3.8) is 0 Å². The molecule has 2 saturated heterocycles. The van der Waals surface area contributed by atoms with Crippen LogP contribution in [0.5, 0.6) is 0 Å². The zero-order valence-electron chi connectivity index (χ0n) is 13.1. The predicted molar refractivity (Wildman–Crippen MR) is 78.7 cm³/mol. The molecule has 0 aromatic rings. The van der Waals surface area contributed by atoms with Crippen LogP contribution in [0.2, 0.25) is 0 Å². The van der Waals surface area contributed by atoms with E-state index in [0.29, 0.717) is 19.4 Å². The fourth-order valence-electron chi connectivity index (χ4n) is 3.76. The number of rotatable bonds is 10. The Balaban J connectivity index is 1.86. The van der Waals surface area contributed by atoms with Crippen molar-refractivity contribution in [1.29, 1.82) is 0 Å². The highest BCUT2D eigenvalue weighted by atomic mass is 16.6. The Labute approximate surface area is 130 Å². The molecule has 0 aromatic carbocycles. The van der Waals surface area contributed by atoms with Gasteiger partial charge < -0.3 is 19.7 Å². The van der Waals surface area contributed by atoms with Gasteiger partial charge in [-0.15, -0.1) is 0 Å². The van der Waals surface area contributed by atoms with Gasteiger partial charge >= 0.3 is 11.9 Å². The second-order valence-corrected chi connectivity index (χ2v) is 6.41. The SMILES string of the molecule is CCCCCCCOC[C@@]12CC[C@@H](O1)C(C(=O)O)C2C(=O)O. The predicted octanol–water partition coefficient (Wildman–Crippen LogP) is 2.31. The molecule has 2 aliphatic heterocycles. The molecule has 6 heteroatoms. The van der Waals surface area contributed by atoms with E-state index in [4.69, 9.17) is 9.47 Å². The lowest BCUT2D eigenvalue weighted by Gasteiger charge is -2.31. The van der Waals surface area contributed by atoms with E-state index < -0.39 is 35.5 Å². The quantitative estimate of drug-likeness (QED) is 0.601. The van der Waals surface area contributed by atoms with E-state index in [2.05, 4.69) is 6.92 Å². The summed E-state index contributed by atoms with van der Waals surface area (Å²) in [4.78, 5) is 22.9. The van der Waals surface area contributed by atoms with Crippen LogP contribution in [0.25, 0.3) is 0 Å². The second-order valence-electron chi connectivity index (χ2n) is 6.41. The maximum atomic E-state index is 11.5. The van der Waals surface area contributed by atoms with Gasteiger partial charge in [0.15, 0.2) is 0 Å². The van der Waals surface area contributed by atoms with Crippen LogP contribution in [0.3, 0.4) is 0 Å². The van der Waals surface area contributed by atoms with Crippen molar-refractivity contribution in [3.05, 3.63) is 0 Å². The third kappa shape index (κ3) is 3.43. The fraction of sp³-hybridized carbons (Fsp3) is 0.875. The average molecular weight is 314 g/mol. The topological polar surface area (TPSA) is 93.1 Å². The standard InChI is InChI=1S/C16H26O6/c1-2-3-4-5-6-9-21-10-16-8-7-11(22-16)12(14(17)18)13(16)15(19)20/h11-13H,2-10H2,1H3,(H,17,18)(H,19,20)/t11-,12?,13?,16-/m1/s1. The van der Waals surface area contributed by atoms with Crippen LogP contribution in [0.15, 0.2) is 0 Å². The van der Waals surface area contributed by atoms with E-state index in [1.165, 1.54) is 19.3 Å². The molecule has 0 saturated carbocycles. The van der Waals surface area contributed by atoms with E-state index in [0.717, 1.165) is 12.8 Å². The summed E-state index contributed by atoms with van der Waals surface area (Å²) in [6.07, 6.45) is 6.31. The first-order valence-electron chi connectivity index (χ1n) is 8.23. The lowest BCUT2D eigenvalue weighted by molar-refractivity contribution is -0.158. The van der Waals surface area contributed by atoms with Crippen LogP contribution < -0.4 is 0 Å². The molecule has 6 nitrogen and oxygen atoms in total. The van der Waals surface area contributed by atoms with Crippen molar-refractivity contribution in [3.8, 4) is 0 Å². The molecule has 0 aliphatic carbocycles. The first kappa shape index (κ1) is 17.2. The van der Waals surface area contributed by atoms with Gasteiger partial charge in [-0.3, -0.25) is 9.59 Å². The number of ether oxygens (including phenoxy) is 2. The van der Waals surface area contributed by atoms with Crippen LogP contribution >= 0.6 is 0 Å². The molecular formula is C16H26O6. The Morgan fingerprint density at radius 3 is 2.55 bits per heavy atom. The monoisotopic (exact) mass is 314 g/mol. The van der Waals surface area contributed by atoms with E-state index in [-0.39, 0.29) is 6.61 Å². The molecular weight excluding hydrogens is 288 g/mol. The summed E-state index contributed by atoms with van der Waals surface area (Å²) < 4.78 is 11.4. The van der Waals surface area contributed by atoms with E-state index >= 15 is 0 Å². The summed E-state index contributed by atoms with van der Waals surface area (Å²) in [5.74, 6) is -4.15. The van der Waals surface area contributed by atoms with Gasteiger partial charge in [-0.05, 0) is 19.3 Å². The second kappa shape index (κ2) is 7.42. The van der Waals surface area contributed by atoms with Gasteiger partial charge in [-0.1, -0.05) is 32.6 Å². The van der Waals surface area contributed by atoms with Gasteiger partial charge in [0.25, 0.3) is 0 Å². The molecule has 0 spiro atoms. The minimum absolute atomic E-state index is 0.179. The van der Waals surface area contributed by atoms with Crippen molar-refractivity contribution in [1.82, 2.24) is 0 Å². The van der Waals surface area contributed by atoms with Gasteiger partial charge in [0.1, 0.15) is 11.5 Å². The molecule has 2 rings (SSSR count). The Kier molecular flexibility index (Phi) is 5.81. The van der Waals surface area contributed by atoms with Crippen molar-refractivity contribution < 1.29 is 29.3 Å². The van der Waals surface area contributed by atoms with E-state index in [1.54, 1.807) is 0 Å². The molecule has 2 unspecified atom stereocenters. The Hall–Kier alpha value is -1.14. The van der Waals surface area contributed by atoms with Crippen molar-refractivity contribution in [2.75, 3.05) is 13.2 Å². The zero-order chi connectivity index (χ0) is 16.2. The zero-order valence-corrected chi connectivity index (χ0v) is 13.1. The third-order valence-electron chi connectivity index (χ3n) is 4.85. The van der Waals surface area contributed by atoms with Crippen LogP contribution in [0.1, 0.15) is 51.9 Å². The molecule has 2 aliphatic rings. The first-order chi connectivity index (χ1) is 10.5. The molecule has 0 radical (unpaired) electrons. The Morgan fingerprint density at radius 2 is 1.91 bits per heavy atom. The van der Waals surface area contributed by atoms with Crippen molar-refractivity contribution >= 4 is 11.9 Å². The fourth-order valence-corrected chi connectivity index (χ4v) is 3.76. The number of aliphatic carboxylic acids is 2. The molecule has 2 N–H and O–H groups in total.